The maximum Gasteiger partial charge on any atom is 0.254 e. The summed E-state index contributed by atoms with van der Waals surface area (Å²) in [5.41, 5.74) is 0.889. The Bertz CT molecular complexity index is 676. The third kappa shape index (κ3) is 3.16. The van der Waals surface area contributed by atoms with Crippen molar-refractivity contribution in [1.82, 2.24) is 9.91 Å². The fourth-order valence-electron chi connectivity index (χ4n) is 3.72. The van der Waals surface area contributed by atoms with Gasteiger partial charge in [0, 0.05) is 18.0 Å². The molecule has 3 atom stereocenters. The molecule has 0 aromatic carbocycles. The van der Waals surface area contributed by atoms with Crippen molar-refractivity contribution in [1.29, 1.82) is 0 Å². The highest BCUT2D eigenvalue weighted by molar-refractivity contribution is 8.04. The molecule has 0 radical (unpaired) electrons. The molecule has 4 aliphatic rings. The quantitative estimate of drug-likeness (QED) is 0.742. The minimum absolute atomic E-state index is 0.0552. The predicted molar refractivity (Wildman–Crippen MR) is 95.1 cm³/mol. The summed E-state index contributed by atoms with van der Waals surface area (Å²) in [6.07, 6.45) is 1.63. The van der Waals surface area contributed by atoms with E-state index in [4.69, 9.17) is 9.47 Å². The van der Waals surface area contributed by atoms with E-state index in [9.17, 15) is 9.59 Å². The Kier molecular flexibility index (Phi) is 4.79. The molecule has 0 bridgehead atoms. The van der Waals surface area contributed by atoms with Crippen molar-refractivity contribution in [3.63, 3.8) is 0 Å². The molecule has 0 aromatic rings. The van der Waals surface area contributed by atoms with Gasteiger partial charge in [0.15, 0.2) is 0 Å². The Morgan fingerprint density at radius 3 is 2.88 bits per heavy atom. The molecule has 0 N–H and O–H groups in total. The summed E-state index contributed by atoms with van der Waals surface area (Å²) in [6, 6.07) is 0. The molecule has 1 fully saturated rings. The Morgan fingerprint density at radius 2 is 2.15 bits per heavy atom. The Hall–Kier alpha value is -1.45. The summed E-state index contributed by atoms with van der Waals surface area (Å²) < 4.78 is 11.3. The van der Waals surface area contributed by atoms with E-state index in [1.807, 2.05) is 0 Å². The van der Waals surface area contributed by atoms with E-state index in [2.05, 4.69) is 24.2 Å². The van der Waals surface area contributed by atoms with Crippen LogP contribution in [0.4, 0.5) is 0 Å². The van der Waals surface area contributed by atoms with Gasteiger partial charge in [0.25, 0.3) is 5.91 Å². The first-order valence-electron chi connectivity index (χ1n) is 9.11. The normalized spacial score (nSPS) is 34.2. The van der Waals surface area contributed by atoms with E-state index in [0.717, 1.165) is 23.3 Å². The minimum Gasteiger partial charge on any atom is -0.378 e. The second kappa shape index (κ2) is 6.94. The lowest BCUT2D eigenvalue weighted by molar-refractivity contribution is -0.146. The molecule has 4 heterocycles. The SMILES string of the molecule is CC[C@]1(C)CC2=C(CO1)S[C@@H]1N=NN(CC(=O)N3CCOCC3)C(=O)[C@H]21. The van der Waals surface area contributed by atoms with Gasteiger partial charge in [-0.05, 0) is 25.3 Å². The maximum atomic E-state index is 13.1. The molecule has 2 amide bonds. The molecular weight excluding hydrogens is 356 g/mol. The van der Waals surface area contributed by atoms with E-state index in [1.54, 1.807) is 16.7 Å². The topological polar surface area (TPSA) is 83.8 Å². The zero-order valence-corrected chi connectivity index (χ0v) is 16.0. The van der Waals surface area contributed by atoms with Crippen LogP contribution in [0.1, 0.15) is 26.7 Å². The first-order valence-corrected chi connectivity index (χ1v) is 9.99. The number of hydrogen-bond donors (Lipinski definition) is 0. The van der Waals surface area contributed by atoms with Gasteiger partial charge in [-0.15, -0.1) is 0 Å². The number of hydrogen-bond acceptors (Lipinski definition) is 7. The largest absolute Gasteiger partial charge is 0.378 e. The summed E-state index contributed by atoms with van der Waals surface area (Å²) in [7, 11) is 0. The highest BCUT2D eigenvalue weighted by Gasteiger charge is 2.49. The number of ether oxygens (including phenoxy) is 2. The number of rotatable bonds is 3. The van der Waals surface area contributed by atoms with Crippen LogP contribution in [0.15, 0.2) is 20.8 Å². The van der Waals surface area contributed by atoms with Crippen LogP contribution in [0.5, 0.6) is 0 Å². The number of nitrogens with zero attached hydrogens (tertiary/aromatic N) is 4. The van der Waals surface area contributed by atoms with Crippen LogP contribution >= 0.6 is 11.8 Å². The number of amides is 2. The highest BCUT2D eigenvalue weighted by Crippen LogP contribution is 2.51. The first kappa shape index (κ1) is 17.9. The molecule has 0 spiro atoms. The number of carbonyl (C=O) groups excluding carboxylic acids is 2. The average molecular weight is 380 g/mol. The van der Waals surface area contributed by atoms with E-state index >= 15 is 0 Å². The molecule has 0 unspecified atom stereocenters. The van der Waals surface area contributed by atoms with Crippen molar-refractivity contribution in [2.75, 3.05) is 39.5 Å². The van der Waals surface area contributed by atoms with Crippen LogP contribution in [0.25, 0.3) is 0 Å². The van der Waals surface area contributed by atoms with Gasteiger partial charge in [-0.2, -0.15) is 5.11 Å². The van der Waals surface area contributed by atoms with Crippen LogP contribution in [0.3, 0.4) is 0 Å². The molecule has 0 aliphatic carbocycles. The van der Waals surface area contributed by atoms with Crippen molar-refractivity contribution in [3.05, 3.63) is 10.5 Å². The lowest BCUT2D eigenvalue weighted by Gasteiger charge is -2.36. The molecule has 4 aliphatic heterocycles. The van der Waals surface area contributed by atoms with E-state index in [1.165, 1.54) is 5.01 Å². The van der Waals surface area contributed by atoms with Gasteiger partial charge in [0.2, 0.25) is 5.91 Å². The number of carbonyl (C=O) groups is 2. The molecule has 0 aromatic heterocycles. The van der Waals surface area contributed by atoms with Crippen LogP contribution in [0.2, 0.25) is 0 Å². The number of morpholine rings is 1. The minimum atomic E-state index is -0.320. The summed E-state index contributed by atoms with van der Waals surface area (Å²) in [5, 5.41) is 9.39. The van der Waals surface area contributed by atoms with Crippen molar-refractivity contribution >= 4 is 23.6 Å². The molecule has 4 rings (SSSR count). The number of fused-ring (bicyclic) bond motifs is 2. The Morgan fingerprint density at radius 1 is 1.38 bits per heavy atom. The van der Waals surface area contributed by atoms with Crippen molar-refractivity contribution < 1.29 is 19.1 Å². The van der Waals surface area contributed by atoms with Crippen molar-refractivity contribution in [2.45, 2.75) is 37.7 Å². The third-order valence-electron chi connectivity index (χ3n) is 5.59. The molecule has 8 nitrogen and oxygen atoms in total. The Labute approximate surface area is 156 Å². The van der Waals surface area contributed by atoms with E-state index < -0.39 is 0 Å². The van der Waals surface area contributed by atoms with Gasteiger partial charge < -0.3 is 14.4 Å². The molecule has 26 heavy (non-hydrogen) atoms. The molecular formula is C17H24N4O4S. The van der Waals surface area contributed by atoms with E-state index in [0.29, 0.717) is 32.9 Å². The predicted octanol–water partition coefficient (Wildman–Crippen LogP) is 1.59. The summed E-state index contributed by atoms with van der Waals surface area (Å²) in [6.45, 7) is 6.85. The van der Waals surface area contributed by atoms with Gasteiger partial charge in [-0.3, -0.25) is 9.59 Å². The van der Waals surface area contributed by atoms with Crippen LogP contribution < -0.4 is 0 Å². The summed E-state index contributed by atoms with van der Waals surface area (Å²) in [4.78, 5) is 28.4. The van der Waals surface area contributed by atoms with E-state index in [-0.39, 0.29) is 35.3 Å². The summed E-state index contributed by atoms with van der Waals surface area (Å²) >= 11 is 1.58. The lowest BCUT2D eigenvalue weighted by atomic mass is 9.84. The molecule has 0 saturated carbocycles. The van der Waals surface area contributed by atoms with Crippen molar-refractivity contribution in [2.24, 2.45) is 16.3 Å². The van der Waals surface area contributed by atoms with Gasteiger partial charge in [-0.1, -0.05) is 23.9 Å². The Balaban J connectivity index is 1.48. The van der Waals surface area contributed by atoms with Crippen LogP contribution in [-0.2, 0) is 19.1 Å². The molecule has 9 heteroatoms. The second-order valence-corrected chi connectivity index (χ2v) is 8.51. The summed E-state index contributed by atoms with van der Waals surface area (Å²) in [5.74, 6) is -0.548. The van der Waals surface area contributed by atoms with Crippen molar-refractivity contribution in [3.8, 4) is 0 Å². The van der Waals surface area contributed by atoms with Crippen LogP contribution in [0, 0.1) is 5.92 Å². The van der Waals surface area contributed by atoms with Gasteiger partial charge in [0.05, 0.1) is 31.3 Å². The molecule has 142 valence electrons. The van der Waals surface area contributed by atoms with Gasteiger partial charge in [0.1, 0.15) is 11.9 Å². The average Bonchev–Trinajstić information content (AvgIpc) is 3.03. The maximum absolute atomic E-state index is 13.1. The fraction of sp³-hybridized carbons (Fsp3) is 0.765. The second-order valence-electron chi connectivity index (χ2n) is 7.30. The fourth-order valence-corrected chi connectivity index (χ4v) is 5.00. The standard InChI is InChI=1S/C17H24N4O4S/c1-3-17(2)8-11-12(10-25-17)26-15-14(11)16(23)21(19-18-15)9-13(22)20-4-6-24-7-5-20/h14-15H,3-10H2,1-2H3/t14-,15+,17-/m1/s1. The smallest absolute Gasteiger partial charge is 0.254 e. The van der Waals surface area contributed by atoms with Crippen LogP contribution in [-0.4, -0.2) is 72.2 Å². The zero-order valence-electron chi connectivity index (χ0n) is 15.1. The molecule has 1 saturated heterocycles. The first-order chi connectivity index (χ1) is 12.5. The van der Waals surface area contributed by atoms with Gasteiger partial charge in [-0.25, -0.2) is 5.01 Å². The number of thioether (sulfide) groups is 1. The zero-order chi connectivity index (χ0) is 18.3. The lowest BCUT2D eigenvalue weighted by Crippen LogP contribution is -2.48. The monoisotopic (exact) mass is 380 g/mol. The highest BCUT2D eigenvalue weighted by atomic mass is 32.2. The third-order valence-corrected chi connectivity index (χ3v) is 6.86. The van der Waals surface area contributed by atoms with Gasteiger partial charge >= 0.3 is 0 Å².